The fraction of sp³-hybridized carbons (Fsp3) is 0. The lowest BCUT2D eigenvalue weighted by Gasteiger charge is -2.24. The zero-order valence-corrected chi connectivity index (χ0v) is 20.7. The van der Waals surface area contributed by atoms with Gasteiger partial charge in [0.1, 0.15) is 0 Å². The normalized spacial score (nSPS) is 11.9. The van der Waals surface area contributed by atoms with Gasteiger partial charge in [0, 0.05) is 15.9 Å². The number of rotatable bonds is 5. The third-order valence-electron chi connectivity index (χ3n) is 6.74. The van der Waals surface area contributed by atoms with E-state index in [0.717, 1.165) is 48.6 Å². The minimum absolute atomic E-state index is 0.846. The Balaban J connectivity index is 1.74. The van der Waals surface area contributed by atoms with E-state index in [1.54, 1.807) is 0 Å². The predicted octanol–water partition coefficient (Wildman–Crippen LogP) is 7.80. The van der Waals surface area contributed by atoms with E-state index in [-0.39, 0.29) is 0 Å². The van der Waals surface area contributed by atoms with E-state index in [0.29, 0.717) is 0 Å². The summed E-state index contributed by atoms with van der Waals surface area (Å²) >= 11 is 0. The van der Waals surface area contributed by atoms with Gasteiger partial charge in [0.15, 0.2) is 7.14 Å². The van der Waals surface area contributed by atoms with E-state index in [2.05, 4.69) is 72.8 Å². The summed E-state index contributed by atoms with van der Waals surface area (Å²) in [5.74, 6) is 0. The van der Waals surface area contributed by atoms with Crippen LogP contribution in [-0.2, 0) is 4.57 Å². The minimum Gasteiger partial charge on any atom is -0.309 e. The number of hydrogen-bond donors (Lipinski definition) is 0. The fourth-order valence-corrected chi connectivity index (χ4v) is 8.15. The van der Waals surface area contributed by atoms with Crippen LogP contribution in [0.2, 0.25) is 0 Å². The van der Waals surface area contributed by atoms with Crippen molar-refractivity contribution >= 4 is 56.8 Å². The molecule has 0 bridgehead atoms. The van der Waals surface area contributed by atoms with Crippen molar-refractivity contribution in [1.29, 1.82) is 0 Å². The van der Waals surface area contributed by atoms with Crippen molar-refractivity contribution in [3.8, 4) is 0 Å². The third kappa shape index (κ3) is 3.79. The average molecular weight is 481 g/mol. The monoisotopic (exact) mass is 480 g/mol. The Morgan fingerprint density at radius 2 is 0.806 bits per heavy atom. The van der Waals surface area contributed by atoms with Gasteiger partial charge in [0.05, 0.1) is 0 Å². The molecule has 0 radical (unpaired) electrons. The molecule has 0 spiro atoms. The number of benzene rings is 6. The molecule has 36 heavy (non-hydrogen) atoms. The molecule has 0 aliphatic rings. The maximum absolute atomic E-state index is 15.5. The average Bonchev–Trinajstić information content (AvgIpc) is 2.96. The molecule has 6 aromatic carbocycles. The summed E-state index contributed by atoms with van der Waals surface area (Å²) in [6.07, 6.45) is 4.35. The molecule has 0 aliphatic carbocycles. The van der Waals surface area contributed by atoms with E-state index in [9.17, 15) is 0 Å². The highest BCUT2D eigenvalue weighted by Gasteiger charge is 2.33. The van der Waals surface area contributed by atoms with E-state index in [4.69, 9.17) is 0 Å². The summed E-state index contributed by atoms with van der Waals surface area (Å²) < 4.78 is 15.5. The van der Waals surface area contributed by atoms with Crippen molar-refractivity contribution in [2.45, 2.75) is 0 Å². The smallest absolute Gasteiger partial charge is 0.172 e. The zero-order valence-electron chi connectivity index (χ0n) is 19.8. The van der Waals surface area contributed by atoms with Gasteiger partial charge in [-0.2, -0.15) is 0 Å². The van der Waals surface area contributed by atoms with Gasteiger partial charge >= 0.3 is 0 Å². The molecule has 0 aliphatic heterocycles. The number of hydrogen-bond acceptors (Lipinski definition) is 1. The highest BCUT2D eigenvalue weighted by Crippen LogP contribution is 2.47. The van der Waals surface area contributed by atoms with Gasteiger partial charge in [-0.3, -0.25) is 0 Å². The zero-order chi connectivity index (χ0) is 24.4. The molecule has 1 nitrogen and oxygen atoms in total. The fourth-order valence-electron chi connectivity index (χ4n) is 5.08. The molecule has 6 aromatic rings. The van der Waals surface area contributed by atoms with Gasteiger partial charge in [0.2, 0.25) is 0 Å². The Morgan fingerprint density at radius 3 is 1.28 bits per heavy atom. The SMILES string of the molecule is O=P(c1ccccc1)(c1ccccc1)c1c2ccccc2c(C=Cc2ccccc2)c2ccccc12. The largest absolute Gasteiger partial charge is 0.309 e. The van der Waals surface area contributed by atoms with Gasteiger partial charge in [-0.1, -0.05) is 152 Å². The Labute approximate surface area is 211 Å². The molecule has 0 heterocycles. The summed E-state index contributed by atoms with van der Waals surface area (Å²) in [6, 6.07) is 47.0. The van der Waals surface area contributed by atoms with Crippen molar-refractivity contribution in [3.63, 3.8) is 0 Å². The second-order valence-corrected chi connectivity index (χ2v) is 11.6. The van der Waals surface area contributed by atoms with Crippen LogP contribution in [-0.4, -0.2) is 0 Å². The minimum atomic E-state index is -3.19. The molecular formula is C34H25OP. The summed E-state index contributed by atoms with van der Waals surface area (Å²) in [7, 11) is -3.19. The molecule has 0 aromatic heterocycles. The van der Waals surface area contributed by atoms with Crippen LogP contribution in [0, 0.1) is 0 Å². The quantitative estimate of drug-likeness (QED) is 0.140. The number of fused-ring (bicyclic) bond motifs is 2. The van der Waals surface area contributed by atoms with Gasteiger partial charge in [-0.15, -0.1) is 0 Å². The summed E-state index contributed by atoms with van der Waals surface area (Å²) in [5.41, 5.74) is 2.29. The first-order chi connectivity index (χ1) is 17.8. The van der Waals surface area contributed by atoms with E-state index in [1.165, 1.54) is 0 Å². The second-order valence-electron chi connectivity index (χ2n) is 8.88. The molecular weight excluding hydrogens is 455 g/mol. The van der Waals surface area contributed by atoms with E-state index in [1.807, 2.05) is 78.9 Å². The third-order valence-corrected chi connectivity index (χ3v) is 9.90. The Kier molecular flexibility index (Phi) is 5.85. The highest BCUT2D eigenvalue weighted by molar-refractivity contribution is 7.86. The molecule has 0 fully saturated rings. The lowest BCUT2D eigenvalue weighted by molar-refractivity contribution is 0.593. The van der Waals surface area contributed by atoms with Crippen molar-refractivity contribution in [1.82, 2.24) is 0 Å². The van der Waals surface area contributed by atoms with Gasteiger partial charge in [-0.25, -0.2) is 0 Å². The lowest BCUT2D eigenvalue weighted by Crippen LogP contribution is -2.26. The van der Waals surface area contributed by atoms with Crippen LogP contribution in [0.4, 0.5) is 0 Å². The summed E-state index contributed by atoms with van der Waals surface area (Å²) in [4.78, 5) is 0. The Hall–Kier alpha value is -4.19. The maximum atomic E-state index is 15.5. The van der Waals surface area contributed by atoms with Crippen LogP contribution in [0.5, 0.6) is 0 Å². The Morgan fingerprint density at radius 1 is 0.417 bits per heavy atom. The molecule has 0 amide bonds. The highest BCUT2D eigenvalue weighted by atomic mass is 31.2. The maximum Gasteiger partial charge on any atom is 0.172 e. The van der Waals surface area contributed by atoms with Crippen molar-refractivity contribution in [3.05, 3.63) is 151 Å². The van der Waals surface area contributed by atoms with Gasteiger partial charge in [-0.05, 0) is 32.7 Å². The van der Waals surface area contributed by atoms with Gasteiger partial charge in [0.25, 0.3) is 0 Å². The van der Waals surface area contributed by atoms with Crippen LogP contribution in [0.3, 0.4) is 0 Å². The van der Waals surface area contributed by atoms with Crippen LogP contribution in [0.1, 0.15) is 11.1 Å². The molecule has 0 saturated carbocycles. The topological polar surface area (TPSA) is 17.1 Å². The molecule has 0 unspecified atom stereocenters. The van der Waals surface area contributed by atoms with Crippen LogP contribution in [0.15, 0.2) is 140 Å². The molecule has 172 valence electrons. The van der Waals surface area contributed by atoms with Crippen LogP contribution < -0.4 is 15.9 Å². The van der Waals surface area contributed by atoms with E-state index >= 15 is 4.57 Å². The lowest BCUT2D eigenvalue weighted by atomic mass is 9.96. The predicted molar refractivity (Wildman–Crippen MR) is 156 cm³/mol. The Bertz CT molecular complexity index is 1640. The first kappa shape index (κ1) is 22.3. The van der Waals surface area contributed by atoms with Crippen molar-refractivity contribution in [2.75, 3.05) is 0 Å². The van der Waals surface area contributed by atoms with Crippen molar-refractivity contribution < 1.29 is 4.57 Å². The second kappa shape index (κ2) is 9.46. The molecule has 6 rings (SSSR count). The standard InChI is InChI=1S/C34H25OP/c35-36(27-16-6-2-7-17-27,28-18-8-3-9-19-28)34-32-22-12-10-20-29(32)31(30-21-11-13-23-33(30)34)25-24-26-14-4-1-5-15-26/h1-25H. The molecule has 0 atom stereocenters. The van der Waals surface area contributed by atoms with Gasteiger partial charge < -0.3 is 4.57 Å². The molecule has 0 saturated heterocycles. The first-order valence-electron chi connectivity index (χ1n) is 12.2. The first-order valence-corrected chi connectivity index (χ1v) is 13.9. The summed E-state index contributed by atoms with van der Waals surface area (Å²) in [6.45, 7) is 0. The molecule has 2 heteroatoms. The van der Waals surface area contributed by atoms with Crippen LogP contribution >= 0.6 is 7.14 Å². The summed E-state index contributed by atoms with van der Waals surface area (Å²) in [5, 5.41) is 6.86. The van der Waals surface area contributed by atoms with Crippen molar-refractivity contribution in [2.24, 2.45) is 0 Å². The molecule has 0 N–H and O–H groups in total. The van der Waals surface area contributed by atoms with Crippen LogP contribution in [0.25, 0.3) is 33.7 Å². The van der Waals surface area contributed by atoms with E-state index < -0.39 is 7.14 Å².